The molecule has 3 aliphatic heterocycles. The molecule has 0 spiro atoms. The van der Waals surface area contributed by atoms with Gasteiger partial charge in [-0.2, -0.15) is 0 Å². The van der Waals surface area contributed by atoms with Crippen LogP contribution in [0.15, 0.2) is 36.4 Å². The SMILES string of the molecule is O=C(c1cc2c3c(c1)CCC(=O)N3CCC2)N1CCN(c2ccc(F)cc2)CC1. The second-order valence-electron chi connectivity index (χ2n) is 8.05. The number of benzene rings is 2. The average Bonchev–Trinajstić information content (AvgIpc) is 2.76. The van der Waals surface area contributed by atoms with Gasteiger partial charge in [0.15, 0.2) is 0 Å². The summed E-state index contributed by atoms with van der Waals surface area (Å²) in [6, 6.07) is 10.5. The van der Waals surface area contributed by atoms with E-state index in [1.165, 1.54) is 12.1 Å². The molecule has 3 aliphatic rings. The Morgan fingerprint density at radius 1 is 0.862 bits per heavy atom. The molecule has 0 N–H and O–H groups in total. The van der Waals surface area contributed by atoms with Crippen molar-refractivity contribution in [3.8, 4) is 0 Å². The second kappa shape index (κ2) is 7.17. The topological polar surface area (TPSA) is 43.9 Å². The summed E-state index contributed by atoms with van der Waals surface area (Å²) < 4.78 is 13.1. The lowest BCUT2D eigenvalue weighted by molar-refractivity contribution is -0.119. The minimum Gasteiger partial charge on any atom is -0.368 e. The molecule has 1 fully saturated rings. The van der Waals surface area contributed by atoms with Crippen LogP contribution in [0.1, 0.15) is 34.3 Å². The van der Waals surface area contributed by atoms with Crippen LogP contribution < -0.4 is 9.80 Å². The molecule has 150 valence electrons. The third-order valence-electron chi connectivity index (χ3n) is 6.28. The molecule has 3 heterocycles. The first kappa shape index (κ1) is 18.2. The molecule has 0 atom stereocenters. The third-order valence-corrected chi connectivity index (χ3v) is 6.28. The highest BCUT2D eigenvalue weighted by Crippen LogP contribution is 2.37. The van der Waals surface area contributed by atoms with Crippen LogP contribution in [0.25, 0.3) is 0 Å². The van der Waals surface area contributed by atoms with Crippen LogP contribution >= 0.6 is 0 Å². The molecule has 6 heteroatoms. The monoisotopic (exact) mass is 393 g/mol. The molecule has 0 unspecified atom stereocenters. The lowest BCUT2D eigenvalue weighted by Gasteiger charge is -2.37. The van der Waals surface area contributed by atoms with Gasteiger partial charge in [0.1, 0.15) is 5.82 Å². The Hall–Kier alpha value is -2.89. The van der Waals surface area contributed by atoms with E-state index in [0.717, 1.165) is 67.0 Å². The van der Waals surface area contributed by atoms with Crippen molar-refractivity contribution in [1.29, 1.82) is 0 Å². The smallest absolute Gasteiger partial charge is 0.253 e. The molecular formula is C23H24FN3O2. The molecule has 2 aromatic carbocycles. The van der Waals surface area contributed by atoms with Gasteiger partial charge in [-0.15, -0.1) is 0 Å². The molecule has 1 saturated heterocycles. The molecule has 0 aromatic heterocycles. The zero-order valence-electron chi connectivity index (χ0n) is 16.4. The highest BCUT2D eigenvalue weighted by Gasteiger charge is 2.31. The predicted molar refractivity (Wildman–Crippen MR) is 110 cm³/mol. The fourth-order valence-corrected chi connectivity index (χ4v) is 4.78. The zero-order chi connectivity index (χ0) is 20.0. The van der Waals surface area contributed by atoms with E-state index in [9.17, 15) is 14.0 Å². The fraction of sp³-hybridized carbons (Fsp3) is 0.391. The van der Waals surface area contributed by atoms with Crippen molar-refractivity contribution in [3.63, 3.8) is 0 Å². The summed E-state index contributed by atoms with van der Waals surface area (Å²) in [6.45, 7) is 3.55. The van der Waals surface area contributed by atoms with Crippen molar-refractivity contribution < 1.29 is 14.0 Å². The van der Waals surface area contributed by atoms with Gasteiger partial charge in [-0.05, 0) is 66.8 Å². The first-order valence-corrected chi connectivity index (χ1v) is 10.4. The fourth-order valence-electron chi connectivity index (χ4n) is 4.78. The van der Waals surface area contributed by atoms with Gasteiger partial charge < -0.3 is 14.7 Å². The lowest BCUT2D eigenvalue weighted by Crippen LogP contribution is -2.49. The van der Waals surface area contributed by atoms with Crippen molar-refractivity contribution >= 4 is 23.2 Å². The zero-order valence-corrected chi connectivity index (χ0v) is 16.4. The Morgan fingerprint density at radius 2 is 1.55 bits per heavy atom. The van der Waals surface area contributed by atoms with E-state index in [1.807, 2.05) is 21.9 Å². The van der Waals surface area contributed by atoms with Crippen molar-refractivity contribution in [2.24, 2.45) is 0 Å². The van der Waals surface area contributed by atoms with Crippen LogP contribution in [0, 0.1) is 5.82 Å². The van der Waals surface area contributed by atoms with Gasteiger partial charge >= 0.3 is 0 Å². The molecule has 2 amide bonds. The number of anilines is 2. The molecule has 0 bridgehead atoms. The summed E-state index contributed by atoms with van der Waals surface area (Å²) in [5.74, 6) is 0.0328. The Labute approximate surface area is 169 Å². The number of halogens is 1. The highest BCUT2D eigenvalue weighted by molar-refractivity contribution is 6.00. The average molecular weight is 393 g/mol. The number of nitrogens with zero attached hydrogens (tertiary/aromatic N) is 3. The molecule has 0 saturated carbocycles. The number of piperazine rings is 1. The Bertz CT molecular complexity index is 948. The van der Waals surface area contributed by atoms with Crippen LogP contribution in [-0.2, 0) is 17.6 Å². The van der Waals surface area contributed by atoms with Crippen molar-refractivity contribution in [3.05, 3.63) is 58.9 Å². The Morgan fingerprint density at radius 3 is 2.28 bits per heavy atom. The molecule has 29 heavy (non-hydrogen) atoms. The van der Waals surface area contributed by atoms with Crippen molar-refractivity contribution in [2.45, 2.75) is 25.7 Å². The number of carbonyl (C=O) groups is 2. The predicted octanol–water partition coefficient (Wildman–Crippen LogP) is 3.01. The van der Waals surface area contributed by atoms with E-state index in [1.54, 1.807) is 12.1 Å². The van der Waals surface area contributed by atoms with E-state index >= 15 is 0 Å². The number of carbonyl (C=O) groups excluding carboxylic acids is 2. The van der Waals surface area contributed by atoms with Crippen LogP contribution in [0.4, 0.5) is 15.8 Å². The maximum atomic E-state index is 13.2. The summed E-state index contributed by atoms with van der Waals surface area (Å²) in [6.07, 6.45) is 3.12. The molecule has 5 nitrogen and oxygen atoms in total. The normalized spacial score (nSPS) is 18.7. The van der Waals surface area contributed by atoms with Gasteiger partial charge in [0.2, 0.25) is 5.91 Å². The summed E-state index contributed by atoms with van der Waals surface area (Å²) in [5, 5.41) is 0. The third kappa shape index (κ3) is 3.26. The van der Waals surface area contributed by atoms with Crippen LogP contribution in [0.3, 0.4) is 0 Å². The summed E-state index contributed by atoms with van der Waals surface area (Å²) in [5.41, 5.74) is 5.06. The van der Waals surface area contributed by atoms with Crippen molar-refractivity contribution in [1.82, 2.24) is 4.90 Å². The maximum absolute atomic E-state index is 13.2. The molecule has 2 aromatic rings. The van der Waals surface area contributed by atoms with Gasteiger partial charge in [-0.3, -0.25) is 9.59 Å². The number of amides is 2. The molecular weight excluding hydrogens is 369 g/mol. The van der Waals surface area contributed by atoms with Gasteiger partial charge in [-0.1, -0.05) is 0 Å². The largest absolute Gasteiger partial charge is 0.368 e. The molecule has 5 rings (SSSR count). The molecule has 0 radical (unpaired) electrons. The van der Waals surface area contributed by atoms with E-state index in [2.05, 4.69) is 4.90 Å². The number of rotatable bonds is 2. The summed E-state index contributed by atoms with van der Waals surface area (Å²) >= 11 is 0. The van der Waals surface area contributed by atoms with Crippen molar-refractivity contribution in [2.75, 3.05) is 42.5 Å². The van der Waals surface area contributed by atoms with Gasteiger partial charge in [0.25, 0.3) is 5.91 Å². The molecule has 0 aliphatic carbocycles. The Kier molecular flexibility index (Phi) is 4.49. The summed E-state index contributed by atoms with van der Waals surface area (Å²) in [4.78, 5) is 31.4. The number of hydrogen-bond acceptors (Lipinski definition) is 3. The van der Waals surface area contributed by atoms with E-state index in [4.69, 9.17) is 0 Å². The Balaban J connectivity index is 1.33. The van der Waals surface area contributed by atoms with Gasteiger partial charge in [-0.25, -0.2) is 4.39 Å². The van der Waals surface area contributed by atoms with Crippen LogP contribution in [-0.4, -0.2) is 49.4 Å². The minimum atomic E-state index is -0.237. The van der Waals surface area contributed by atoms with Gasteiger partial charge in [0, 0.05) is 50.4 Å². The first-order valence-electron chi connectivity index (χ1n) is 10.4. The quantitative estimate of drug-likeness (QED) is 0.788. The van der Waals surface area contributed by atoms with Gasteiger partial charge in [0.05, 0.1) is 5.69 Å². The van der Waals surface area contributed by atoms with Crippen LogP contribution in [0.5, 0.6) is 0 Å². The highest BCUT2D eigenvalue weighted by atomic mass is 19.1. The van der Waals surface area contributed by atoms with E-state index in [-0.39, 0.29) is 17.6 Å². The van der Waals surface area contributed by atoms with E-state index in [0.29, 0.717) is 19.5 Å². The maximum Gasteiger partial charge on any atom is 0.253 e. The summed E-state index contributed by atoms with van der Waals surface area (Å²) in [7, 11) is 0. The minimum absolute atomic E-state index is 0.0665. The number of hydrogen-bond donors (Lipinski definition) is 0. The van der Waals surface area contributed by atoms with E-state index < -0.39 is 0 Å². The number of aryl methyl sites for hydroxylation is 2. The standard InChI is InChI=1S/C23H24FN3O2/c24-19-4-6-20(7-5-19)25-10-12-26(13-11-25)23(29)18-14-16-2-1-9-27-21(28)8-3-17(15-18)22(16)27/h4-7,14-15H,1-3,8-13H2. The second-order valence-corrected chi connectivity index (χ2v) is 8.05. The lowest BCUT2D eigenvalue weighted by atomic mass is 9.89. The van der Waals surface area contributed by atoms with Crippen LogP contribution in [0.2, 0.25) is 0 Å². The first-order chi connectivity index (χ1) is 14.1.